The fourth-order valence-electron chi connectivity index (χ4n) is 3.78. The molecule has 2 amide bonds. The molecule has 1 aliphatic heterocycles. The fraction of sp³-hybridized carbons (Fsp3) is 0.308. The number of hydrogen-bond donors (Lipinski definition) is 2. The Balaban J connectivity index is 1.35. The van der Waals surface area contributed by atoms with E-state index in [9.17, 15) is 9.59 Å². The van der Waals surface area contributed by atoms with Crippen molar-refractivity contribution in [3.05, 3.63) is 89.7 Å². The number of morpholine rings is 1. The number of ether oxygens (including phenoxy) is 1. The third-order valence-corrected chi connectivity index (χ3v) is 5.65. The Morgan fingerprint density at radius 3 is 2.31 bits per heavy atom. The summed E-state index contributed by atoms with van der Waals surface area (Å²) in [6.07, 6.45) is 4.09. The van der Waals surface area contributed by atoms with Crippen LogP contribution in [0, 0.1) is 0 Å². The van der Waals surface area contributed by atoms with Crippen LogP contribution in [0.1, 0.15) is 32.7 Å². The van der Waals surface area contributed by atoms with Gasteiger partial charge in [0.15, 0.2) is 0 Å². The second kappa shape index (κ2) is 12.6. The van der Waals surface area contributed by atoms with Gasteiger partial charge >= 0.3 is 0 Å². The standard InChI is InChI=1S/C26H30N6O3/c33-24(30-20-21-6-2-1-3-7-21)22-8-10-23(11-9-22)25(34)32(31-16-18-35-19-17-31)15-5-14-29-26-27-12-4-13-28-26/h1-4,6-13H,5,14-20H2,(H,30,33)(H,27,28,29). The average molecular weight is 475 g/mol. The number of carbonyl (C=O) groups excluding carboxylic acids is 2. The van der Waals surface area contributed by atoms with Crippen molar-refractivity contribution in [2.75, 3.05) is 44.7 Å². The van der Waals surface area contributed by atoms with Gasteiger partial charge in [0.25, 0.3) is 11.8 Å². The predicted octanol–water partition coefficient (Wildman–Crippen LogP) is 2.60. The van der Waals surface area contributed by atoms with Crippen molar-refractivity contribution in [1.29, 1.82) is 0 Å². The Morgan fingerprint density at radius 1 is 0.914 bits per heavy atom. The molecule has 3 aromatic rings. The van der Waals surface area contributed by atoms with Gasteiger partial charge in [-0.3, -0.25) is 14.6 Å². The summed E-state index contributed by atoms with van der Waals surface area (Å²) < 4.78 is 5.46. The van der Waals surface area contributed by atoms with E-state index in [1.54, 1.807) is 47.7 Å². The highest BCUT2D eigenvalue weighted by Gasteiger charge is 2.24. The number of nitrogens with one attached hydrogen (secondary N) is 2. The predicted molar refractivity (Wildman–Crippen MR) is 133 cm³/mol. The maximum atomic E-state index is 13.4. The van der Waals surface area contributed by atoms with Crippen LogP contribution in [0.3, 0.4) is 0 Å². The van der Waals surface area contributed by atoms with Crippen LogP contribution in [0.4, 0.5) is 5.95 Å². The van der Waals surface area contributed by atoms with E-state index in [0.29, 0.717) is 63.0 Å². The van der Waals surface area contributed by atoms with Crippen LogP contribution in [-0.4, -0.2) is 71.2 Å². The van der Waals surface area contributed by atoms with Crippen LogP contribution in [0.5, 0.6) is 0 Å². The Labute approximate surface area is 205 Å². The van der Waals surface area contributed by atoms with E-state index in [2.05, 4.69) is 20.6 Å². The zero-order valence-electron chi connectivity index (χ0n) is 19.6. The monoisotopic (exact) mass is 474 g/mol. The van der Waals surface area contributed by atoms with Crippen molar-refractivity contribution in [2.45, 2.75) is 13.0 Å². The number of hydrazine groups is 1. The van der Waals surface area contributed by atoms with Crippen LogP contribution in [-0.2, 0) is 11.3 Å². The number of anilines is 1. The van der Waals surface area contributed by atoms with Crippen LogP contribution >= 0.6 is 0 Å². The lowest BCUT2D eigenvalue weighted by Gasteiger charge is -2.37. The third kappa shape index (κ3) is 7.08. The lowest BCUT2D eigenvalue weighted by Crippen LogP contribution is -2.52. The van der Waals surface area contributed by atoms with Crippen LogP contribution in [0.25, 0.3) is 0 Å². The van der Waals surface area contributed by atoms with Crippen molar-refractivity contribution in [3.63, 3.8) is 0 Å². The van der Waals surface area contributed by atoms with Crippen LogP contribution in [0.2, 0.25) is 0 Å². The Hall–Kier alpha value is -3.82. The molecule has 0 bridgehead atoms. The first-order chi connectivity index (χ1) is 17.2. The third-order valence-electron chi connectivity index (χ3n) is 5.65. The molecule has 2 heterocycles. The van der Waals surface area contributed by atoms with Crippen molar-refractivity contribution < 1.29 is 14.3 Å². The minimum atomic E-state index is -0.174. The highest BCUT2D eigenvalue weighted by atomic mass is 16.5. The van der Waals surface area contributed by atoms with Gasteiger partial charge in [-0.15, -0.1) is 0 Å². The summed E-state index contributed by atoms with van der Waals surface area (Å²) in [4.78, 5) is 34.2. The fourth-order valence-corrected chi connectivity index (χ4v) is 3.78. The van der Waals surface area contributed by atoms with Crippen molar-refractivity contribution >= 4 is 17.8 Å². The zero-order valence-corrected chi connectivity index (χ0v) is 19.6. The minimum Gasteiger partial charge on any atom is -0.379 e. The first kappa shape index (κ1) is 24.3. The molecule has 1 fully saturated rings. The van der Waals surface area contributed by atoms with Gasteiger partial charge < -0.3 is 15.4 Å². The molecule has 0 atom stereocenters. The zero-order chi connectivity index (χ0) is 24.3. The molecule has 0 aliphatic carbocycles. The molecule has 0 spiro atoms. The molecular formula is C26H30N6O3. The molecule has 0 radical (unpaired) electrons. The Kier molecular flexibility index (Phi) is 8.74. The quantitative estimate of drug-likeness (QED) is 0.436. The number of amides is 2. The minimum absolute atomic E-state index is 0.0981. The number of nitrogens with zero attached hydrogens (tertiary/aromatic N) is 4. The Bertz CT molecular complexity index is 1070. The summed E-state index contributed by atoms with van der Waals surface area (Å²) in [7, 11) is 0. The maximum absolute atomic E-state index is 13.4. The van der Waals surface area contributed by atoms with Crippen LogP contribution in [0.15, 0.2) is 73.1 Å². The van der Waals surface area contributed by atoms with E-state index in [4.69, 9.17) is 4.74 Å². The number of aromatic nitrogens is 2. The summed E-state index contributed by atoms with van der Waals surface area (Å²) in [5.74, 6) is 0.295. The summed E-state index contributed by atoms with van der Waals surface area (Å²) in [5, 5.41) is 9.90. The Morgan fingerprint density at radius 2 is 1.60 bits per heavy atom. The lowest BCUT2D eigenvalue weighted by atomic mass is 10.1. The molecule has 2 N–H and O–H groups in total. The second-order valence-electron chi connectivity index (χ2n) is 8.09. The first-order valence-corrected chi connectivity index (χ1v) is 11.8. The topological polar surface area (TPSA) is 99.7 Å². The average Bonchev–Trinajstić information content (AvgIpc) is 2.93. The lowest BCUT2D eigenvalue weighted by molar-refractivity contribution is -0.0698. The van der Waals surface area contributed by atoms with Crippen molar-refractivity contribution in [1.82, 2.24) is 25.3 Å². The molecule has 182 valence electrons. The van der Waals surface area contributed by atoms with Gasteiger partial charge in [0.05, 0.1) is 13.2 Å². The summed E-state index contributed by atoms with van der Waals surface area (Å²) in [6, 6.07) is 18.3. The maximum Gasteiger partial charge on any atom is 0.268 e. The van der Waals surface area contributed by atoms with E-state index < -0.39 is 0 Å². The smallest absolute Gasteiger partial charge is 0.268 e. The highest BCUT2D eigenvalue weighted by Crippen LogP contribution is 2.13. The van der Waals surface area contributed by atoms with Gasteiger partial charge in [-0.25, -0.2) is 15.0 Å². The molecule has 4 rings (SSSR count). The van der Waals surface area contributed by atoms with Gasteiger partial charge in [0.2, 0.25) is 5.95 Å². The summed E-state index contributed by atoms with van der Waals surface area (Å²) in [5.41, 5.74) is 2.08. The second-order valence-corrected chi connectivity index (χ2v) is 8.09. The number of carbonyl (C=O) groups is 2. The van der Waals surface area contributed by atoms with E-state index in [1.165, 1.54) is 0 Å². The van der Waals surface area contributed by atoms with E-state index in [-0.39, 0.29) is 11.8 Å². The largest absolute Gasteiger partial charge is 0.379 e. The van der Waals surface area contributed by atoms with Gasteiger partial charge in [0.1, 0.15) is 0 Å². The van der Waals surface area contributed by atoms with Gasteiger partial charge in [-0.1, -0.05) is 30.3 Å². The molecular weight excluding hydrogens is 444 g/mol. The van der Waals surface area contributed by atoms with E-state index in [0.717, 1.165) is 12.0 Å². The molecule has 2 aromatic carbocycles. The molecule has 9 nitrogen and oxygen atoms in total. The summed E-state index contributed by atoms with van der Waals surface area (Å²) in [6.45, 7) is 4.10. The number of hydrogen-bond acceptors (Lipinski definition) is 7. The number of benzene rings is 2. The molecule has 0 unspecified atom stereocenters. The van der Waals surface area contributed by atoms with Crippen molar-refractivity contribution in [3.8, 4) is 0 Å². The molecule has 9 heteroatoms. The van der Waals surface area contributed by atoms with Crippen LogP contribution < -0.4 is 10.6 Å². The molecule has 1 saturated heterocycles. The van der Waals surface area contributed by atoms with Gasteiger partial charge in [0, 0.05) is 56.2 Å². The molecule has 0 saturated carbocycles. The van der Waals surface area contributed by atoms with E-state index in [1.807, 2.05) is 35.3 Å². The SMILES string of the molecule is O=C(NCc1ccccc1)c1ccc(C(=O)N(CCCNc2ncccn2)N2CCOCC2)cc1. The van der Waals surface area contributed by atoms with Gasteiger partial charge in [-0.2, -0.15) is 0 Å². The molecule has 1 aliphatic rings. The van der Waals surface area contributed by atoms with E-state index >= 15 is 0 Å². The number of rotatable bonds is 10. The molecule has 35 heavy (non-hydrogen) atoms. The van der Waals surface area contributed by atoms with Gasteiger partial charge in [-0.05, 0) is 42.3 Å². The first-order valence-electron chi connectivity index (χ1n) is 11.8. The normalized spacial score (nSPS) is 13.7. The summed E-state index contributed by atoms with van der Waals surface area (Å²) >= 11 is 0. The highest BCUT2D eigenvalue weighted by molar-refractivity contribution is 5.97. The van der Waals surface area contributed by atoms with Crippen molar-refractivity contribution in [2.24, 2.45) is 0 Å². The molecule has 1 aromatic heterocycles.